The summed E-state index contributed by atoms with van der Waals surface area (Å²) < 4.78 is 11.5. The molecule has 2 aromatic rings. The molecule has 0 aliphatic carbocycles. The van der Waals surface area contributed by atoms with Crippen molar-refractivity contribution in [2.45, 2.75) is 59.2 Å². The van der Waals surface area contributed by atoms with Crippen molar-refractivity contribution in [1.29, 1.82) is 0 Å². The molecule has 2 atom stereocenters. The molecule has 2 unspecified atom stereocenters. The molecule has 1 amide bonds. The minimum absolute atomic E-state index is 0.172. The number of carbonyl (C=O) groups excluding carboxylic acids is 1. The van der Waals surface area contributed by atoms with Crippen LogP contribution in [0.5, 0.6) is 11.5 Å². The number of hydrogen-bond donors (Lipinski definition) is 1. The van der Waals surface area contributed by atoms with E-state index in [0.29, 0.717) is 11.7 Å². The first-order chi connectivity index (χ1) is 12.4. The minimum atomic E-state index is -0.587. The average Bonchev–Trinajstić information content (AvgIpc) is 2.63. The second kappa shape index (κ2) is 9.27. The molecule has 4 nitrogen and oxygen atoms in total. The first-order valence-corrected chi connectivity index (χ1v) is 9.23. The predicted octanol–water partition coefficient (Wildman–Crippen LogP) is 5.39. The van der Waals surface area contributed by atoms with Crippen LogP contribution in [0.4, 0.5) is 5.69 Å². The van der Waals surface area contributed by atoms with Gasteiger partial charge in [0.25, 0.3) is 5.91 Å². The van der Waals surface area contributed by atoms with E-state index in [1.165, 1.54) is 5.56 Å². The lowest BCUT2D eigenvalue weighted by Gasteiger charge is -2.16. The van der Waals surface area contributed by atoms with E-state index in [1.807, 2.05) is 55.5 Å². The largest absolute Gasteiger partial charge is 0.491 e. The van der Waals surface area contributed by atoms with Crippen LogP contribution in [-0.4, -0.2) is 18.1 Å². The van der Waals surface area contributed by atoms with E-state index in [-0.39, 0.29) is 12.0 Å². The topological polar surface area (TPSA) is 47.6 Å². The monoisotopic (exact) mass is 355 g/mol. The molecule has 0 aliphatic heterocycles. The van der Waals surface area contributed by atoms with Crippen molar-refractivity contribution in [3.05, 3.63) is 54.1 Å². The zero-order valence-electron chi connectivity index (χ0n) is 16.3. The van der Waals surface area contributed by atoms with E-state index in [4.69, 9.17) is 9.47 Å². The maximum absolute atomic E-state index is 12.3. The van der Waals surface area contributed by atoms with Crippen molar-refractivity contribution >= 4 is 11.6 Å². The Morgan fingerprint density at radius 2 is 1.42 bits per heavy atom. The lowest BCUT2D eigenvalue weighted by Crippen LogP contribution is -2.30. The molecule has 0 aromatic heterocycles. The third-order valence-corrected chi connectivity index (χ3v) is 4.26. The molecule has 0 radical (unpaired) electrons. The van der Waals surface area contributed by atoms with Gasteiger partial charge in [0.1, 0.15) is 11.5 Å². The van der Waals surface area contributed by atoms with Crippen LogP contribution in [0.15, 0.2) is 48.5 Å². The zero-order valence-corrected chi connectivity index (χ0v) is 16.3. The normalized spacial score (nSPS) is 13.2. The molecular weight excluding hydrogens is 326 g/mol. The van der Waals surface area contributed by atoms with Gasteiger partial charge in [0.15, 0.2) is 6.10 Å². The van der Waals surface area contributed by atoms with Gasteiger partial charge in [0.05, 0.1) is 6.10 Å². The first-order valence-electron chi connectivity index (χ1n) is 9.23. The van der Waals surface area contributed by atoms with Gasteiger partial charge in [-0.1, -0.05) is 32.9 Å². The maximum atomic E-state index is 12.3. The summed E-state index contributed by atoms with van der Waals surface area (Å²) in [7, 11) is 0. The summed E-state index contributed by atoms with van der Waals surface area (Å²) in [4.78, 5) is 12.3. The highest BCUT2D eigenvalue weighted by atomic mass is 16.5. The maximum Gasteiger partial charge on any atom is 0.265 e. The number of nitrogens with one attached hydrogen (secondary N) is 1. The van der Waals surface area contributed by atoms with Crippen LogP contribution in [0.3, 0.4) is 0 Å². The molecule has 4 heteroatoms. The van der Waals surface area contributed by atoms with Gasteiger partial charge in [-0.05, 0) is 68.1 Å². The van der Waals surface area contributed by atoms with Gasteiger partial charge < -0.3 is 14.8 Å². The van der Waals surface area contributed by atoms with Crippen LogP contribution in [0.1, 0.15) is 52.5 Å². The number of amides is 1. The Hall–Kier alpha value is -2.49. The fraction of sp³-hybridized carbons (Fsp3) is 0.409. The molecule has 0 saturated heterocycles. The molecule has 2 rings (SSSR count). The highest BCUT2D eigenvalue weighted by Gasteiger charge is 2.15. The van der Waals surface area contributed by atoms with Crippen LogP contribution in [0.2, 0.25) is 0 Å². The summed E-state index contributed by atoms with van der Waals surface area (Å²) in [5.41, 5.74) is 1.96. The second-order valence-corrected chi connectivity index (χ2v) is 6.83. The fourth-order valence-corrected chi connectivity index (χ4v) is 2.37. The number of carbonyl (C=O) groups is 1. The predicted molar refractivity (Wildman–Crippen MR) is 106 cm³/mol. The Morgan fingerprint density at radius 1 is 0.885 bits per heavy atom. The second-order valence-electron chi connectivity index (χ2n) is 6.83. The SMILES string of the molecule is CCC(C)Oc1ccc(NC(=O)C(C)Oc2ccc(C(C)C)cc2)cc1. The summed E-state index contributed by atoms with van der Waals surface area (Å²) in [5, 5.41) is 2.87. The van der Waals surface area contributed by atoms with E-state index in [0.717, 1.165) is 17.9 Å². The van der Waals surface area contributed by atoms with Gasteiger partial charge >= 0.3 is 0 Å². The Balaban J connectivity index is 1.90. The molecule has 0 fully saturated rings. The molecule has 1 N–H and O–H groups in total. The zero-order chi connectivity index (χ0) is 19.1. The van der Waals surface area contributed by atoms with Gasteiger partial charge in [-0.3, -0.25) is 4.79 Å². The number of hydrogen-bond acceptors (Lipinski definition) is 3. The summed E-state index contributed by atoms with van der Waals surface area (Å²) in [6, 6.07) is 15.2. The highest BCUT2D eigenvalue weighted by molar-refractivity contribution is 5.94. The van der Waals surface area contributed by atoms with Gasteiger partial charge in [-0.25, -0.2) is 0 Å². The van der Waals surface area contributed by atoms with Crippen LogP contribution < -0.4 is 14.8 Å². The minimum Gasteiger partial charge on any atom is -0.491 e. The quantitative estimate of drug-likeness (QED) is 0.690. The molecular formula is C22H29NO3. The Labute approximate surface area is 156 Å². The lowest BCUT2D eigenvalue weighted by atomic mass is 10.0. The summed E-state index contributed by atoms with van der Waals surface area (Å²) in [6.45, 7) is 10.1. The van der Waals surface area contributed by atoms with Gasteiger partial charge in [0, 0.05) is 5.69 Å². The standard InChI is InChI=1S/C22H29NO3/c1-6-16(4)25-20-13-9-19(10-14-20)23-22(24)17(5)26-21-11-7-18(8-12-21)15(2)3/h7-17H,6H2,1-5H3,(H,23,24). The van der Waals surface area contributed by atoms with Gasteiger partial charge in [-0.2, -0.15) is 0 Å². The fourth-order valence-electron chi connectivity index (χ4n) is 2.37. The average molecular weight is 355 g/mol. The molecule has 0 heterocycles. The number of benzene rings is 2. The molecule has 0 spiro atoms. The van der Waals surface area contributed by atoms with E-state index in [9.17, 15) is 4.79 Å². The van der Waals surface area contributed by atoms with E-state index >= 15 is 0 Å². The van der Waals surface area contributed by atoms with Gasteiger partial charge in [-0.15, -0.1) is 0 Å². The summed E-state index contributed by atoms with van der Waals surface area (Å²) >= 11 is 0. The Kier molecular flexibility index (Phi) is 7.07. The third-order valence-electron chi connectivity index (χ3n) is 4.26. The van der Waals surface area contributed by atoms with Crippen molar-refractivity contribution in [3.63, 3.8) is 0 Å². The summed E-state index contributed by atoms with van der Waals surface area (Å²) in [5.74, 6) is 1.77. The van der Waals surface area contributed by atoms with Crippen LogP contribution in [0.25, 0.3) is 0 Å². The Morgan fingerprint density at radius 3 is 1.96 bits per heavy atom. The molecule has 0 bridgehead atoms. The van der Waals surface area contributed by atoms with Gasteiger partial charge in [0.2, 0.25) is 0 Å². The number of rotatable bonds is 8. The van der Waals surface area contributed by atoms with Crippen LogP contribution in [-0.2, 0) is 4.79 Å². The molecule has 0 aliphatic rings. The van der Waals surface area contributed by atoms with E-state index < -0.39 is 6.10 Å². The van der Waals surface area contributed by atoms with Crippen molar-refractivity contribution in [3.8, 4) is 11.5 Å². The molecule has 26 heavy (non-hydrogen) atoms. The summed E-state index contributed by atoms with van der Waals surface area (Å²) in [6.07, 6.45) is 0.535. The van der Waals surface area contributed by atoms with Crippen LogP contribution >= 0.6 is 0 Å². The van der Waals surface area contributed by atoms with Crippen molar-refractivity contribution < 1.29 is 14.3 Å². The number of ether oxygens (including phenoxy) is 2. The molecule has 140 valence electrons. The smallest absolute Gasteiger partial charge is 0.265 e. The Bertz CT molecular complexity index is 692. The van der Waals surface area contributed by atoms with Crippen LogP contribution in [0, 0.1) is 0 Å². The van der Waals surface area contributed by atoms with E-state index in [1.54, 1.807) is 6.92 Å². The van der Waals surface area contributed by atoms with Crippen molar-refractivity contribution in [2.24, 2.45) is 0 Å². The first kappa shape index (κ1) is 19.8. The molecule has 0 saturated carbocycles. The lowest BCUT2D eigenvalue weighted by molar-refractivity contribution is -0.122. The highest BCUT2D eigenvalue weighted by Crippen LogP contribution is 2.21. The third kappa shape index (κ3) is 5.80. The number of anilines is 1. The van der Waals surface area contributed by atoms with Crippen molar-refractivity contribution in [1.82, 2.24) is 0 Å². The van der Waals surface area contributed by atoms with E-state index in [2.05, 4.69) is 26.1 Å². The van der Waals surface area contributed by atoms with Crippen molar-refractivity contribution in [2.75, 3.05) is 5.32 Å². The molecule has 2 aromatic carbocycles.